The molecule has 7 heteroatoms. The number of anilines is 1. The van der Waals surface area contributed by atoms with Gasteiger partial charge in [0.05, 0.1) is 12.0 Å². The first-order valence-corrected chi connectivity index (χ1v) is 13.9. The van der Waals surface area contributed by atoms with Gasteiger partial charge < -0.3 is 10.1 Å². The molecular formula is C18H29N3O2SSi. The molecule has 1 saturated carbocycles. The first-order chi connectivity index (χ1) is 11.9. The van der Waals surface area contributed by atoms with Gasteiger partial charge in [-0.25, -0.2) is 9.97 Å². The highest BCUT2D eigenvalue weighted by Gasteiger charge is 2.54. The van der Waals surface area contributed by atoms with Crippen LogP contribution in [0.5, 0.6) is 0 Å². The van der Waals surface area contributed by atoms with Crippen LogP contribution in [0.2, 0.25) is 25.2 Å². The molecule has 0 aromatic carbocycles. The van der Waals surface area contributed by atoms with Crippen molar-refractivity contribution >= 4 is 31.6 Å². The van der Waals surface area contributed by atoms with E-state index < -0.39 is 13.5 Å². The minimum absolute atomic E-state index is 0.129. The Labute approximate surface area is 155 Å². The lowest BCUT2D eigenvalue weighted by Gasteiger charge is -2.34. The Morgan fingerprint density at radius 3 is 2.64 bits per heavy atom. The number of hydrogen-bond donors (Lipinski definition) is 1. The highest BCUT2D eigenvalue weighted by Crippen LogP contribution is 2.51. The molecule has 1 aromatic rings. The van der Waals surface area contributed by atoms with Crippen LogP contribution in [0.15, 0.2) is 11.4 Å². The van der Waals surface area contributed by atoms with Crippen LogP contribution in [0, 0.1) is 0 Å². The summed E-state index contributed by atoms with van der Waals surface area (Å²) in [7, 11) is -0.985. The molecule has 1 aromatic heterocycles. The average Bonchev–Trinajstić information content (AvgIpc) is 3.39. The summed E-state index contributed by atoms with van der Waals surface area (Å²) >= 11 is 1.53. The molecule has 0 spiro atoms. The molecule has 0 atom stereocenters. The molecule has 2 fully saturated rings. The molecule has 3 rings (SSSR count). The zero-order valence-corrected chi connectivity index (χ0v) is 17.5. The smallest absolute Gasteiger partial charge is 0.316 e. The Hall–Kier alpha value is -1.08. The molecule has 0 unspecified atom stereocenters. The largest absolute Gasteiger partial charge is 0.465 e. The molecule has 1 N–H and O–H groups in total. The van der Waals surface area contributed by atoms with E-state index in [0.717, 1.165) is 29.4 Å². The summed E-state index contributed by atoms with van der Waals surface area (Å²) in [4.78, 5) is 21.7. The van der Waals surface area contributed by atoms with Gasteiger partial charge >= 0.3 is 5.97 Å². The SMILES string of the molecule is CCOC(=O)C1(c2cnc(SC)nc2NC2CC[Si](C)(C)CC2)CC1. The number of ether oxygens (including phenoxy) is 1. The second-order valence-corrected chi connectivity index (χ2v) is 14.1. The molecule has 25 heavy (non-hydrogen) atoms. The maximum absolute atomic E-state index is 12.5. The Balaban J connectivity index is 1.84. The summed E-state index contributed by atoms with van der Waals surface area (Å²) in [6.45, 7) is 7.22. The maximum atomic E-state index is 12.5. The summed E-state index contributed by atoms with van der Waals surface area (Å²) in [5, 5.41) is 4.40. The van der Waals surface area contributed by atoms with Gasteiger partial charge in [0.15, 0.2) is 5.16 Å². The second kappa shape index (κ2) is 7.27. The van der Waals surface area contributed by atoms with E-state index in [9.17, 15) is 4.79 Å². The molecule has 1 aliphatic carbocycles. The number of thioether (sulfide) groups is 1. The fourth-order valence-corrected chi connectivity index (χ4v) is 6.49. The molecule has 5 nitrogen and oxygen atoms in total. The monoisotopic (exact) mass is 379 g/mol. The van der Waals surface area contributed by atoms with E-state index in [4.69, 9.17) is 9.72 Å². The van der Waals surface area contributed by atoms with Crippen LogP contribution in [0.1, 0.15) is 38.2 Å². The minimum Gasteiger partial charge on any atom is -0.465 e. The molecule has 1 aliphatic heterocycles. The van der Waals surface area contributed by atoms with Crippen LogP contribution >= 0.6 is 11.8 Å². The summed E-state index contributed by atoms with van der Waals surface area (Å²) in [6.07, 6.45) is 7.87. The average molecular weight is 380 g/mol. The molecule has 2 aliphatic rings. The number of carbonyl (C=O) groups excluding carboxylic acids is 1. The lowest BCUT2D eigenvalue weighted by Crippen LogP contribution is -2.37. The zero-order valence-electron chi connectivity index (χ0n) is 15.7. The summed E-state index contributed by atoms with van der Waals surface area (Å²) in [6, 6.07) is 3.15. The Morgan fingerprint density at radius 2 is 2.08 bits per heavy atom. The van der Waals surface area contributed by atoms with Gasteiger partial charge in [0, 0.05) is 25.9 Å². The van der Waals surface area contributed by atoms with Gasteiger partial charge in [-0.3, -0.25) is 4.79 Å². The number of esters is 1. The first-order valence-electron chi connectivity index (χ1n) is 9.25. The van der Waals surface area contributed by atoms with Crippen molar-refractivity contribution in [2.45, 2.75) is 74.4 Å². The van der Waals surface area contributed by atoms with Crippen LogP contribution < -0.4 is 5.32 Å². The third-order valence-corrected chi connectivity index (χ3v) is 9.41. The van der Waals surface area contributed by atoms with Crippen LogP contribution in [0.4, 0.5) is 5.82 Å². The van der Waals surface area contributed by atoms with Crippen molar-refractivity contribution in [3.05, 3.63) is 11.8 Å². The van der Waals surface area contributed by atoms with E-state index >= 15 is 0 Å². The van der Waals surface area contributed by atoms with Gasteiger partial charge in [0.2, 0.25) is 0 Å². The summed E-state index contributed by atoms with van der Waals surface area (Å²) in [5.41, 5.74) is 0.392. The molecule has 0 bridgehead atoms. The number of rotatable bonds is 6. The summed E-state index contributed by atoms with van der Waals surface area (Å²) in [5.74, 6) is 0.715. The van der Waals surface area contributed by atoms with Gasteiger partial charge in [0.25, 0.3) is 0 Å². The van der Waals surface area contributed by atoms with Crippen LogP contribution in [-0.2, 0) is 14.9 Å². The predicted molar refractivity (Wildman–Crippen MR) is 105 cm³/mol. The van der Waals surface area contributed by atoms with E-state index in [0.29, 0.717) is 12.6 Å². The highest BCUT2D eigenvalue weighted by molar-refractivity contribution is 7.98. The third kappa shape index (κ3) is 4.02. The van der Waals surface area contributed by atoms with E-state index in [2.05, 4.69) is 23.4 Å². The topological polar surface area (TPSA) is 64.1 Å². The van der Waals surface area contributed by atoms with Gasteiger partial charge in [-0.1, -0.05) is 36.9 Å². The van der Waals surface area contributed by atoms with E-state index in [-0.39, 0.29) is 5.97 Å². The molecule has 2 heterocycles. The molecule has 0 amide bonds. The normalized spacial score (nSPS) is 21.6. The van der Waals surface area contributed by atoms with Gasteiger partial charge in [-0.05, 0) is 38.9 Å². The fraction of sp³-hybridized carbons (Fsp3) is 0.722. The first kappa shape index (κ1) is 18.7. The van der Waals surface area contributed by atoms with Crippen LogP contribution in [0.3, 0.4) is 0 Å². The lowest BCUT2D eigenvalue weighted by atomic mass is 9.97. The van der Waals surface area contributed by atoms with Crippen molar-refractivity contribution in [3.63, 3.8) is 0 Å². The van der Waals surface area contributed by atoms with Crippen molar-refractivity contribution in [1.29, 1.82) is 0 Å². The number of carbonyl (C=O) groups is 1. The molecule has 1 saturated heterocycles. The van der Waals surface area contributed by atoms with Crippen molar-refractivity contribution in [1.82, 2.24) is 9.97 Å². The second-order valence-electron chi connectivity index (χ2n) is 8.00. The predicted octanol–water partition coefficient (Wildman–Crippen LogP) is 4.08. The number of aromatic nitrogens is 2. The van der Waals surface area contributed by atoms with Crippen molar-refractivity contribution in [2.24, 2.45) is 0 Å². The molecule has 138 valence electrons. The Bertz CT molecular complexity index is 639. The summed E-state index contributed by atoms with van der Waals surface area (Å²) < 4.78 is 5.33. The number of hydrogen-bond acceptors (Lipinski definition) is 6. The number of nitrogens with zero attached hydrogens (tertiary/aromatic N) is 2. The Kier molecular flexibility index (Phi) is 5.44. The zero-order chi connectivity index (χ0) is 18.1. The van der Waals surface area contributed by atoms with E-state index in [1.165, 1.54) is 36.7 Å². The van der Waals surface area contributed by atoms with Gasteiger partial charge in [-0.2, -0.15) is 0 Å². The highest BCUT2D eigenvalue weighted by atomic mass is 32.2. The van der Waals surface area contributed by atoms with Gasteiger partial charge in [0.1, 0.15) is 5.82 Å². The molecular weight excluding hydrogens is 350 g/mol. The van der Waals surface area contributed by atoms with Crippen LogP contribution in [0.25, 0.3) is 0 Å². The van der Waals surface area contributed by atoms with Crippen LogP contribution in [-0.4, -0.2) is 42.9 Å². The Morgan fingerprint density at radius 1 is 1.40 bits per heavy atom. The van der Waals surface area contributed by atoms with Gasteiger partial charge in [-0.15, -0.1) is 0 Å². The van der Waals surface area contributed by atoms with E-state index in [1.54, 1.807) is 0 Å². The third-order valence-electron chi connectivity index (χ3n) is 5.56. The number of nitrogens with one attached hydrogen (secondary N) is 1. The van der Waals surface area contributed by atoms with E-state index in [1.807, 2.05) is 19.4 Å². The standard InChI is InChI=1S/C18H29N3O2SSi/c1-5-23-16(22)18(8-9-18)14-12-19-17(24-2)21-15(14)20-13-6-10-25(3,4)11-7-13/h12-13H,5-11H2,1-4H3,(H,19,20,21). The maximum Gasteiger partial charge on any atom is 0.316 e. The quantitative estimate of drug-likeness (QED) is 0.348. The van der Waals surface area contributed by atoms with Crippen molar-refractivity contribution < 1.29 is 9.53 Å². The fourth-order valence-electron chi connectivity index (χ4n) is 3.64. The lowest BCUT2D eigenvalue weighted by molar-refractivity contribution is -0.146. The van der Waals surface area contributed by atoms with Crippen molar-refractivity contribution in [3.8, 4) is 0 Å². The minimum atomic E-state index is -0.985. The van der Waals surface area contributed by atoms with Crippen molar-refractivity contribution in [2.75, 3.05) is 18.2 Å². The molecule has 0 radical (unpaired) electrons.